The molecule has 0 saturated carbocycles. The molecule has 2 aromatic carbocycles. The average Bonchev–Trinajstić information content (AvgIpc) is 2.55. The third-order valence-corrected chi connectivity index (χ3v) is 3.05. The van der Waals surface area contributed by atoms with Crippen LogP contribution in [0, 0.1) is 0 Å². The molecule has 0 aliphatic rings. The fourth-order valence-electron chi connectivity index (χ4n) is 1.79. The highest BCUT2D eigenvalue weighted by molar-refractivity contribution is 7.80. The summed E-state index contributed by atoms with van der Waals surface area (Å²) in [5.74, 6) is -0.226. The predicted octanol–water partition coefficient (Wildman–Crippen LogP) is 3.82. The Morgan fingerprint density at radius 3 is 2.24 bits per heavy atom. The first-order valence-electron chi connectivity index (χ1n) is 6.46. The van der Waals surface area contributed by atoms with E-state index >= 15 is 0 Å². The van der Waals surface area contributed by atoms with Gasteiger partial charge in [-0.1, -0.05) is 49.1 Å². The van der Waals surface area contributed by atoms with Crippen molar-refractivity contribution in [3.8, 4) is 0 Å². The molecule has 0 unspecified atom stereocenters. The Hall–Kier alpha value is -2.46. The molecule has 4 heteroatoms. The minimum Gasteiger partial charge on any atom is -0.466 e. The van der Waals surface area contributed by atoms with Gasteiger partial charge in [-0.3, -0.25) is 4.79 Å². The lowest BCUT2D eigenvalue weighted by atomic mass is 10.2. The Kier molecular flexibility index (Phi) is 5.23. The average molecular weight is 297 g/mol. The van der Waals surface area contributed by atoms with E-state index in [9.17, 15) is 4.79 Å². The molecular formula is C17H15NO2S. The molecule has 21 heavy (non-hydrogen) atoms. The number of hydrogen-bond donors (Lipinski definition) is 0. The van der Waals surface area contributed by atoms with Crippen molar-refractivity contribution in [2.45, 2.75) is 0 Å². The van der Waals surface area contributed by atoms with Gasteiger partial charge in [-0.15, -0.1) is 0 Å². The second-order valence-corrected chi connectivity index (χ2v) is 4.56. The van der Waals surface area contributed by atoms with Crippen molar-refractivity contribution < 1.29 is 9.53 Å². The summed E-state index contributed by atoms with van der Waals surface area (Å²) >= 11 is 5.23. The summed E-state index contributed by atoms with van der Waals surface area (Å²) in [5.41, 5.74) is 1.21. The Balaban J connectivity index is 2.34. The van der Waals surface area contributed by atoms with Crippen molar-refractivity contribution in [3.05, 3.63) is 78.9 Å². The van der Waals surface area contributed by atoms with Crippen LogP contribution < -0.4 is 4.90 Å². The maximum absolute atomic E-state index is 12.7. The molecule has 2 aromatic rings. The second-order valence-electron chi connectivity index (χ2n) is 4.21. The predicted molar refractivity (Wildman–Crippen MR) is 88.4 cm³/mol. The monoisotopic (exact) mass is 297 g/mol. The number of anilines is 1. The van der Waals surface area contributed by atoms with Crippen molar-refractivity contribution in [1.29, 1.82) is 0 Å². The fourth-order valence-corrected chi connectivity index (χ4v) is 2.04. The summed E-state index contributed by atoms with van der Waals surface area (Å²) in [5, 5.41) is 0.106. The largest absolute Gasteiger partial charge is 0.466 e. The quantitative estimate of drug-likeness (QED) is 0.634. The van der Waals surface area contributed by atoms with Gasteiger partial charge < -0.3 is 4.74 Å². The highest BCUT2D eigenvalue weighted by atomic mass is 32.1. The number of amides is 1. The van der Waals surface area contributed by atoms with Crippen LogP contribution in [0.5, 0.6) is 0 Å². The molecule has 106 valence electrons. The van der Waals surface area contributed by atoms with Crippen LogP contribution in [0.1, 0.15) is 10.4 Å². The van der Waals surface area contributed by atoms with E-state index in [1.165, 1.54) is 4.90 Å². The first-order valence-corrected chi connectivity index (χ1v) is 6.87. The van der Waals surface area contributed by atoms with Crippen LogP contribution in [0.25, 0.3) is 0 Å². The summed E-state index contributed by atoms with van der Waals surface area (Å²) < 4.78 is 5.37. The lowest BCUT2D eigenvalue weighted by Crippen LogP contribution is -2.37. The summed E-state index contributed by atoms with van der Waals surface area (Å²) in [6, 6.07) is 18.2. The molecule has 0 radical (unpaired) electrons. The number of benzene rings is 2. The summed E-state index contributed by atoms with van der Waals surface area (Å²) in [6.45, 7) is 3.83. The maximum Gasteiger partial charge on any atom is 0.271 e. The highest BCUT2D eigenvalue weighted by Gasteiger charge is 2.22. The zero-order chi connectivity index (χ0) is 15.1. The highest BCUT2D eigenvalue weighted by Crippen LogP contribution is 2.18. The van der Waals surface area contributed by atoms with Gasteiger partial charge in [0.2, 0.25) is 0 Å². The molecule has 0 heterocycles. The van der Waals surface area contributed by atoms with Gasteiger partial charge in [0.1, 0.15) is 6.61 Å². The van der Waals surface area contributed by atoms with E-state index in [0.717, 1.165) is 0 Å². The van der Waals surface area contributed by atoms with Crippen LogP contribution >= 0.6 is 12.2 Å². The standard InChI is InChI=1S/C17H15NO2S/c1-2-13-20-17(21)18(15-11-7-4-8-12-15)16(19)14-9-5-3-6-10-14/h2-12H,1,13H2. The summed E-state index contributed by atoms with van der Waals surface area (Å²) in [7, 11) is 0. The Labute approximate surface area is 129 Å². The van der Waals surface area contributed by atoms with Gasteiger partial charge in [0.15, 0.2) is 0 Å². The second kappa shape index (κ2) is 7.36. The van der Waals surface area contributed by atoms with Crippen LogP contribution in [0.3, 0.4) is 0 Å². The molecular weight excluding hydrogens is 282 g/mol. The van der Waals surface area contributed by atoms with Crippen molar-refractivity contribution in [3.63, 3.8) is 0 Å². The van der Waals surface area contributed by atoms with Crippen molar-refractivity contribution in [1.82, 2.24) is 0 Å². The number of para-hydroxylation sites is 1. The molecule has 3 nitrogen and oxygen atoms in total. The normalized spacial score (nSPS) is 9.71. The Morgan fingerprint density at radius 1 is 1.10 bits per heavy atom. The van der Waals surface area contributed by atoms with E-state index in [1.807, 2.05) is 48.5 Å². The molecule has 0 atom stereocenters. The van der Waals surface area contributed by atoms with E-state index in [0.29, 0.717) is 11.3 Å². The number of hydrogen-bond acceptors (Lipinski definition) is 3. The van der Waals surface area contributed by atoms with E-state index in [2.05, 4.69) is 6.58 Å². The minimum absolute atomic E-state index is 0.106. The van der Waals surface area contributed by atoms with Gasteiger partial charge >= 0.3 is 0 Å². The lowest BCUT2D eigenvalue weighted by Gasteiger charge is -2.22. The van der Waals surface area contributed by atoms with Gasteiger partial charge in [-0.2, -0.15) is 0 Å². The number of nitrogens with zero attached hydrogens (tertiary/aromatic N) is 1. The summed E-state index contributed by atoms with van der Waals surface area (Å²) in [6.07, 6.45) is 1.59. The first-order chi connectivity index (χ1) is 10.2. The fraction of sp³-hybridized carbons (Fsp3) is 0.0588. The Bertz CT molecular complexity index is 626. The van der Waals surface area contributed by atoms with Crippen LogP contribution in [-0.2, 0) is 4.74 Å². The van der Waals surface area contributed by atoms with Crippen LogP contribution in [0.2, 0.25) is 0 Å². The third kappa shape index (κ3) is 3.77. The van der Waals surface area contributed by atoms with Crippen LogP contribution in [-0.4, -0.2) is 17.7 Å². The Morgan fingerprint density at radius 2 is 1.67 bits per heavy atom. The smallest absolute Gasteiger partial charge is 0.271 e. The van der Waals surface area contributed by atoms with E-state index in [-0.39, 0.29) is 17.7 Å². The molecule has 0 aliphatic carbocycles. The molecule has 0 bridgehead atoms. The first kappa shape index (κ1) is 14.9. The molecule has 1 amide bonds. The third-order valence-electron chi connectivity index (χ3n) is 2.75. The lowest BCUT2D eigenvalue weighted by molar-refractivity contribution is 0.0997. The number of carbonyl (C=O) groups excluding carboxylic acids is 1. The summed E-state index contributed by atoms with van der Waals surface area (Å²) in [4.78, 5) is 14.1. The van der Waals surface area contributed by atoms with Gasteiger partial charge in [0.25, 0.3) is 11.1 Å². The maximum atomic E-state index is 12.7. The minimum atomic E-state index is -0.226. The van der Waals surface area contributed by atoms with Crippen molar-refractivity contribution >= 4 is 29.0 Å². The zero-order valence-electron chi connectivity index (χ0n) is 11.4. The molecule has 2 rings (SSSR count). The van der Waals surface area contributed by atoms with Crippen molar-refractivity contribution in [2.24, 2.45) is 0 Å². The van der Waals surface area contributed by atoms with Crippen molar-refractivity contribution in [2.75, 3.05) is 11.5 Å². The molecule has 0 aliphatic heterocycles. The van der Waals surface area contributed by atoms with Crippen LogP contribution in [0.4, 0.5) is 5.69 Å². The van der Waals surface area contributed by atoms with Crippen LogP contribution in [0.15, 0.2) is 73.3 Å². The van der Waals surface area contributed by atoms with Gasteiger partial charge in [-0.05, 0) is 36.5 Å². The van der Waals surface area contributed by atoms with Gasteiger partial charge in [0, 0.05) is 5.56 Å². The molecule has 0 fully saturated rings. The molecule has 0 aromatic heterocycles. The van der Waals surface area contributed by atoms with E-state index in [4.69, 9.17) is 17.0 Å². The van der Waals surface area contributed by atoms with Gasteiger partial charge in [0.05, 0.1) is 5.69 Å². The number of carbonyl (C=O) groups is 1. The zero-order valence-corrected chi connectivity index (χ0v) is 12.3. The van der Waals surface area contributed by atoms with E-state index < -0.39 is 0 Å². The molecule has 0 saturated heterocycles. The SMILES string of the molecule is C=CCOC(=S)N(C(=O)c1ccccc1)c1ccccc1. The number of thiocarbonyl (C=S) groups is 1. The van der Waals surface area contributed by atoms with E-state index in [1.54, 1.807) is 18.2 Å². The number of ether oxygens (including phenoxy) is 1. The number of rotatable bonds is 4. The van der Waals surface area contributed by atoms with Gasteiger partial charge in [-0.25, -0.2) is 4.90 Å². The molecule has 0 spiro atoms. The topological polar surface area (TPSA) is 29.5 Å². The molecule has 0 N–H and O–H groups in total.